The van der Waals surface area contributed by atoms with Gasteiger partial charge in [-0.05, 0) is 20.8 Å². The normalized spacial score (nSPS) is 11.7. The molecule has 1 aromatic rings. The van der Waals surface area contributed by atoms with Gasteiger partial charge in [0.05, 0.1) is 17.4 Å². The highest BCUT2D eigenvalue weighted by molar-refractivity contribution is 5.96. The summed E-state index contributed by atoms with van der Waals surface area (Å²) in [5.74, 6) is -0.0342. The lowest BCUT2D eigenvalue weighted by Crippen LogP contribution is -2.23. The van der Waals surface area contributed by atoms with Crippen LogP contribution in [-0.2, 0) is 11.8 Å². The van der Waals surface area contributed by atoms with Crippen LogP contribution in [0, 0.1) is 0 Å². The van der Waals surface area contributed by atoms with Crippen molar-refractivity contribution in [3.05, 3.63) is 18.0 Å². The second kappa shape index (κ2) is 3.92. The van der Waals surface area contributed by atoms with E-state index in [1.165, 1.54) is 0 Å². The summed E-state index contributed by atoms with van der Waals surface area (Å²) >= 11 is 0. The number of hydrogen-bond donors (Lipinski definition) is 0. The summed E-state index contributed by atoms with van der Waals surface area (Å²) in [4.78, 5) is 11.5. The molecular weight excluding hydrogens is 180 g/mol. The van der Waals surface area contributed by atoms with Gasteiger partial charge in [0.2, 0.25) is 0 Å². The Kier molecular flexibility index (Phi) is 3.06. The molecule has 0 fully saturated rings. The summed E-state index contributed by atoms with van der Waals surface area (Å²) in [5.41, 5.74) is 0.314. The molecule has 0 aliphatic carbocycles. The zero-order valence-corrected chi connectivity index (χ0v) is 9.07. The highest BCUT2D eigenvalue weighted by atomic mass is 16.5. The van der Waals surface area contributed by atoms with Gasteiger partial charge in [-0.15, -0.1) is 0 Å². The molecular formula is C10H16N2O2. The summed E-state index contributed by atoms with van der Waals surface area (Å²) < 4.78 is 6.97. The fourth-order valence-corrected chi connectivity index (χ4v) is 0.931. The second-order valence-electron chi connectivity index (χ2n) is 4.23. The minimum atomic E-state index is -0.280. The van der Waals surface area contributed by atoms with Crippen molar-refractivity contribution in [1.82, 2.24) is 9.78 Å². The summed E-state index contributed by atoms with van der Waals surface area (Å²) in [6.07, 6.45) is 3.24. The van der Waals surface area contributed by atoms with Gasteiger partial charge in [-0.2, -0.15) is 5.10 Å². The van der Waals surface area contributed by atoms with Gasteiger partial charge in [-0.1, -0.05) is 0 Å². The van der Waals surface area contributed by atoms with Crippen LogP contribution < -0.4 is 0 Å². The zero-order chi connectivity index (χ0) is 10.8. The topological polar surface area (TPSA) is 44.1 Å². The number of carbonyl (C=O) groups is 1. The largest absolute Gasteiger partial charge is 0.368 e. The Hall–Kier alpha value is -1.16. The SMILES string of the molecule is Cn1cc(C(=O)COC(C)(C)C)cn1. The van der Waals surface area contributed by atoms with Crippen molar-refractivity contribution in [3.8, 4) is 0 Å². The van der Waals surface area contributed by atoms with Crippen LogP contribution in [0.2, 0.25) is 0 Å². The predicted molar refractivity (Wildman–Crippen MR) is 53.2 cm³/mol. The molecule has 0 bridgehead atoms. The number of ketones is 1. The molecule has 0 saturated carbocycles. The van der Waals surface area contributed by atoms with Crippen LogP contribution >= 0.6 is 0 Å². The quantitative estimate of drug-likeness (QED) is 0.687. The highest BCUT2D eigenvalue weighted by Gasteiger charge is 2.14. The molecule has 0 unspecified atom stereocenters. The smallest absolute Gasteiger partial charge is 0.191 e. The van der Waals surface area contributed by atoms with Gasteiger partial charge in [0.15, 0.2) is 5.78 Å². The number of aromatic nitrogens is 2. The average Bonchev–Trinajstić information content (AvgIpc) is 2.46. The molecule has 78 valence electrons. The van der Waals surface area contributed by atoms with Crippen molar-refractivity contribution < 1.29 is 9.53 Å². The number of aryl methyl sites for hydroxylation is 1. The maximum absolute atomic E-state index is 11.5. The molecule has 4 heteroatoms. The zero-order valence-electron chi connectivity index (χ0n) is 9.07. The van der Waals surface area contributed by atoms with E-state index >= 15 is 0 Å². The molecule has 4 nitrogen and oxygen atoms in total. The van der Waals surface area contributed by atoms with Gasteiger partial charge in [-0.3, -0.25) is 9.48 Å². The lowest BCUT2D eigenvalue weighted by Gasteiger charge is -2.18. The molecule has 0 aliphatic heterocycles. The van der Waals surface area contributed by atoms with Crippen LogP contribution in [0.15, 0.2) is 12.4 Å². The third kappa shape index (κ3) is 3.30. The number of nitrogens with zero attached hydrogens (tertiary/aromatic N) is 2. The van der Waals surface area contributed by atoms with Gasteiger partial charge in [0, 0.05) is 13.2 Å². The lowest BCUT2D eigenvalue weighted by atomic mass is 10.2. The van der Waals surface area contributed by atoms with E-state index in [2.05, 4.69) is 5.10 Å². The molecule has 0 aromatic carbocycles. The summed E-state index contributed by atoms with van der Waals surface area (Å²) in [5, 5.41) is 3.92. The third-order valence-corrected chi connectivity index (χ3v) is 1.66. The van der Waals surface area contributed by atoms with Crippen LogP contribution in [0.4, 0.5) is 0 Å². The molecule has 14 heavy (non-hydrogen) atoms. The second-order valence-corrected chi connectivity index (χ2v) is 4.23. The van der Waals surface area contributed by atoms with Crippen molar-refractivity contribution in [2.75, 3.05) is 6.61 Å². The first-order chi connectivity index (χ1) is 6.38. The number of hydrogen-bond acceptors (Lipinski definition) is 3. The van der Waals surface area contributed by atoms with Gasteiger partial charge in [-0.25, -0.2) is 0 Å². The molecule has 0 atom stereocenters. The van der Waals surface area contributed by atoms with E-state index in [0.29, 0.717) is 5.56 Å². The number of Topliss-reactive ketones (excluding diaryl/α,β-unsaturated/α-hetero) is 1. The van der Waals surface area contributed by atoms with Crippen molar-refractivity contribution in [2.24, 2.45) is 7.05 Å². The van der Waals surface area contributed by atoms with Crippen molar-refractivity contribution >= 4 is 5.78 Å². The van der Waals surface area contributed by atoms with Gasteiger partial charge >= 0.3 is 0 Å². The summed E-state index contributed by atoms with van der Waals surface area (Å²) in [6, 6.07) is 0. The van der Waals surface area contributed by atoms with E-state index in [-0.39, 0.29) is 18.0 Å². The van der Waals surface area contributed by atoms with Crippen LogP contribution in [0.5, 0.6) is 0 Å². The Morgan fingerprint density at radius 2 is 2.21 bits per heavy atom. The van der Waals surface area contributed by atoms with E-state index in [1.807, 2.05) is 20.8 Å². The molecule has 0 amide bonds. The highest BCUT2D eigenvalue weighted by Crippen LogP contribution is 2.08. The average molecular weight is 196 g/mol. The maximum Gasteiger partial charge on any atom is 0.191 e. The third-order valence-electron chi connectivity index (χ3n) is 1.66. The standard InChI is InChI=1S/C10H16N2O2/c1-10(2,3)14-7-9(13)8-5-11-12(4)6-8/h5-6H,7H2,1-4H3. The van der Waals surface area contributed by atoms with Gasteiger partial charge < -0.3 is 4.74 Å². The Morgan fingerprint density at radius 1 is 1.57 bits per heavy atom. The Bertz CT molecular complexity index is 323. The first-order valence-electron chi connectivity index (χ1n) is 4.54. The van der Waals surface area contributed by atoms with Gasteiger partial charge in [0.25, 0.3) is 0 Å². The van der Waals surface area contributed by atoms with Crippen LogP contribution in [0.3, 0.4) is 0 Å². The molecule has 0 N–H and O–H groups in total. The van der Waals surface area contributed by atoms with Crippen LogP contribution in [0.1, 0.15) is 31.1 Å². The number of rotatable bonds is 3. The van der Waals surface area contributed by atoms with Crippen molar-refractivity contribution in [1.29, 1.82) is 0 Å². The van der Waals surface area contributed by atoms with E-state index in [1.54, 1.807) is 24.1 Å². The first kappa shape index (κ1) is 10.9. The number of carbonyl (C=O) groups excluding carboxylic acids is 1. The van der Waals surface area contributed by atoms with Crippen molar-refractivity contribution in [2.45, 2.75) is 26.4 Å². The maximum atomic E-state index is 11.5. The Morgan fingerprint density at radius 3 is 2.64 bits per heavy atom. The predicted octanol–water partition coefficient (Wildman–Crippen LogP) is 1.42. The molecule has 1 heterocycles. The minimum absolute atomic E-state index is 0.0342. The van der Waals surface area contributed by atoms with Gasteiger partial charge in [0.1, 0.15) is 6.61 Å². The van der Waals surface area contributed by atoms with E-state index < -0.39 is 0 Å². The monoisotopic (exact) mass is 196 g/mol. The minimum Gasteiger partial charge on any atom is -0.368 e. The van der Waals surface area contributed by atoms with E-state index in [9.17, 15) is 4.79 Å². The van der Waals surface area contributed by atoms with Crippen LogP contribution in [0.25, 0.3) is 0 Å². The number of ether oxygens (including phenoxy) is 1. The molecule has 0 radical (unpaired) electrons. The van der Waals surface area contributed by atoms with E-state index in [0.717, 1.165) is 0 Å². The Balaban J connectivity index is 2.52. The first-order valence-corrected chi connectivity index (χ1v) is 4.54. The molecule has 0 spiro atoms. The van der Waals surface area contributed by atoms with Crippen LogP contribution in [-0.4, -0.2) is 27.8 Å². The molecule has 0 aliphatic rings. The van der Waals surface area contributed by atoms with E-state index in [4.69, 9.17) is 4.74 Å². The lowest BCUT2D eigenvalue weighted by molar-refractivity contribution is 0.00306. The van der Waals surface area contributed by atoms with Crippen molar-refractivity contribution in [3.63, 3.8) is 0 Å². The molecule has 1 aromatic heterocycles. The fourth-order valence-electron chi connectivity index (χ4n) is 0.931. The molecule has 1 rings (SSSR count). The Labute approximate surface area is 83.9 Å². The molecule has 0 saturated heterocycles. The summed E-state index contributed by atoms with van der Waals surface area (Å²) in [6.45, 7) is 5.87. The summed E-state index contributed by atoms with van der Waals surface area (Å²) in [7, 11) is 1.78. The fraction of sp³-hybridized carbons (Fsp3) is 0.600.